The first-order chi connectivity index (χ1) is 5.20. The summed E-state index contributed by atoms with van der Waals surface area (Å²) < 4.78 is 4.94. The highest BCUT2D eigenvalue weighted by Gasteiger charge is 2.11. The topological polar surface area (TPSA) is 80.9 Å². The Morgan fingerprint density at radius 1 is 1.82 bits per heavy atom. The number of hydrogen-bond acceptors (Lipinski definition) is 3. The first-order valence-corrected chi connectivity index (χ1v) is 3.26. The highest BCUT2D eigenvalue weighted by Crippen LogP contribution is 2.10. The van der Waals surface area contributed by atoms with E-state index in [1.165, 1.54) is 6.26 Å². The van der Waals surface area contributed by atoms with E-state index < -0.39 is 5.97 Å². The van der Waals surface area contributed by atoms with Gasteiger partial charge in [-0.05, 0) is 12.1 Å². The van der Waals surface area contributed by atoms with Gasteiger partial charge in [0.1, 0.15) is 6.04 Å². The average Bonchev–Trinajstić information content (AvgIpc) is 2.35. The molecule has 1 rings (SSSR count). The Morgan fingerprint density at radius 2 is 2.55 bits per heavy atom. The molecule has 0 aliphatic heterocycles. The molecule has 0 saturated heterocycles. The Balaban J connectivity index is 2.56. The van der Waals surface area contributed by atoms with E-state index in [-0.39, 0.29) is 12.5 Å². The number of aliphatic carboxylic acids is 1. The molecule has 0 spiro atoms. The summed E-state index contributed by atoms with van der Waals surface area (Å²) in [5.74, 6) is -0.532. The van der Waals surface area contributed by atoms with Gasteiger partial charge in [-0.1, -0.05) is 0 Å². The minimum Gasteiger partial charge on any atom is -0.550 e. The number of carbonyl (C=O) groups is 1. The van der Waals surface area contributed by atoms with Gasteiger partial charge in [0, 0.05) is 12.4 Å². The zero-order valence-corrected chi connectivity index (χ0v) is 5.95. The third kappa shape index (κ3) is 2.09. The van der Waals surface area contributed by atoms with Crippen LogP contribution in [0, 0.1) is 0 Å². The van der Waals surface area contributed by atoms with Crippen LogP contribution in [0.1, 0.15) is 18.2 Å². The zero-order valence-electron chi connectivity index (χ0n) is 5.95. The molecule has 4 nitrogen and oxygen atoms in total. The molecular weight excluding hydrogens is 146 g/mol. The van der Waals surface area contributed by atoms with E-state index in [4.69, 9.17) is 4.42 Å². The number of hydrogen-bond donors (Lipinski definition) is 1. The van der Waals surface area contributed by atoms with Crippen molar-refractivity contribution in [1.82, 2.24) is 0 Å². The molecule has 1 atom stereocenters. The molecule has 1 aromatic heterocycles. The van der Waals surface area contributed by atoms with Gasteiger partial charge in [0.05, 0.1) is 6.26 Å². The second-order valence-corrected chi connectivity index (χ2v) is 2.29. The minimum absolute atomic E-state index is 0.104. The molecular formula is C7H9NO3. The number of rotatable bonds is 3. The number of carboxylic acids is 1. The molecule has 1 heterocycles. The molecule has 0 radical (unpaired) electrons. The van der Waals surface area contributed by atoms with E-state index in [1.807, 2.05) is 0 Å². The van der Waals surface area contributed by atoms with Gasteiger partial charge in [-0.15, -0.1) is 0 Å². The van der Waals surface area contributed by atoms with E-state index in [0.29, 0.717) is 5.76 Å². The van der Waals surface area contributed by atoms with Crippen molar-refractivity contribution in [1.29, 1.82) is 0 Å². The predicted molar refractivity (Wildman–Crippen MR) is 34.0 cm³/mol. The molecule has 60 valence electrons. The van der Waals surface area contributed by atoms with E-state index in [9.17, 15) is 9.90 Å². The van der Waals surface area contributed by atoms with Crippen molar-refractivity contribution in [2.24, 2.45) is 0 Å². The van der Waals surface area contributed by atoms with Gasteiger partial charge < -0.3 is 20.1 Å². The van der Waals surface area contributed by atoms with Crippen LogP contribution in [0.4, 0.5) is 0 Å². The number of carbonyl (C=O) groups excluding carboxylic acids is 1. The van der Waals surface area contributed by atoms with Crippen molar-refractivity contribution in [3.05, 3.63) is 24.2 Å². The van der Waals surface area contributed by atoms with Crippen LogP contribution in [-0.4, -0.2) is 5.97 Å². The summed E-state index contributed by atoms with van der Waals surface area (Å²) in [6, 6.07) is 3.04. The second kappa shape index (κ2) is 3.21. The van der Waals surface area contributed by atoms with E-state index in [2.05, 4.69) is 5.73 Å². The van der Waals surface area contributed by atoms with Crippen LogP contribution in [-0.2, 0) is 4.79 Å². The summed E-state index contributed by atoms with van der Waals surface area (Å²) in [7, 11) is 0. The summed E-state index contributed by atoms with van der Waals surface area (Å²) in [5.41, 5.74) is 3.61. The van der Waals surface area contributed by atoms with Crippen LogP contribution in [0.2, 0.25) is 0 Å². The molecule has 0 fully saturated rings. The fourth-order valence-corrected chi connectivity index (χ4v) is 0.825. The van der Waals surface area contributed by atoms with Crippen molar-refractivity contribution in [3.8, 4) is 0 Å². The molecule has 0 amide bonds. The van der Waals surface area contributed by atoms with Gasteiger partial charge in [-0.2, -0.15) is 0 Å². The maximum absolute atomic E-state index is 10.1. The lowest BCUT2D eigenvalue weighted by molar-refractivity contribution is -0.434. The Hall–Kier alpha value is -1.29. The Kier molecular flexibility index (Phi) is 2.28. The van der Waals surface area contributed by atoms with Gasteiger partial charge >= 0.3 is 0 Å². The van der Waals surface area contributed by atoms with Crippen LogP contribution >= 0.6 is 0 Å². The van der Waals surface area contributed by atoms with Crippen molar-refractivity contribution < 1.29 is 20.1 Å². The summed E-state index contributed by atoms with van der Waals surface area (Å²) in [4.78, 5) is 10.1. The van der Waals surface area contributed by atoms with Gasteiger partial charge in [-0.25, -0.2) is 0 Å². The molecule has 11 heavy (non-hydrogen) atoms. The Bertz CT molecular complexity index is 230. The molecule has 4 heteroatoms. The SMILES string of the molecule is [NH3+][C@@H](CC(=O)[O-])c1ccco1. The molecule has 0 bridgehead atoms. The number of quaternary nitrogens is 1. The quantitative estimate of drug-likeness (QED) is 0.589. The van der Waals surface area contributed by atoms with Crippen molar-refractivity contribution >= 4 is 5.97 Å². The first-order valence-electron chi connectivity index (χ1n) is 3.26. The molecule has 0 aliphatic carbocycles. The van der Waals surface area contributed by atoms with Gasteiger partial charge in [0.2, 0.25) is 0 Å². The summed E-state index contributed by atoms with van der Waals surface area (Å²) >= 11 is 0. The third-order valence-electron chi connectivity index (χ3n) is 1.36. The van der Waals surface area contributed by atoms with Crippen LogP contribution in [0.25, 0.3) is 0 Å². The molecule has 3 N–H and O–H groups in total. The minimum atomic E-state index is -1.11. The summed E-state index contributed by atoms with van der Waals surface area (Å²) in [6.07, 6.45) is 1.39. The predicted octanol–water partition coefficient (Wildman–Crippen LogP) is -1.30. The summed E-state index contributed by atoms with van der Waals surface area (Å²) in [5, 5.41) is 10.1. The van der Waals surface area contributed by atoms with E-state index >= 15 is 0 Å². The monoisotopic (exact) mass is 155 g/mol. The molecule has 1 aromatic rings. The zero-order chi connectivity index (χ0) is 8.27. The normalized spacial score (nSPS) is 12.8. The smallest absolute Gasteiger partial charge is 0.161 e. The van der Waals surface area contributed by atoms with Gasteiger partial charge in [0.25, 0.3) is 0 Å². The lowest BCUT2D eigenvalue weighted by atomic mass is 10.2. The maximum atomic E-state index is 10.1. The average molecular weight is 155 g/mol. The lowest BCUT2D eigenvalue weighted by Crippen LogP contribution is -2.55. The molecule has 0 aliphatic rings. The fraction of sp³-hybridized carbons (Fsp3) is 0.286. The molecule has 0 saturated carbocycles. The van der Waals surface area contributed by atoms with Crippen molar-refractivity contribution in [2.45, 2.75) is 12.5 Å². The third-order valence-corrected chi connectivity index (χ3v) is 1.36. The van der Waals surface area contributed by atoms with Gasteiger partial charge in [-0.3, -0.25) is 0 Å². The Labute approximate surface area is 63.6 Å². The van der Waals surface area contributed by atoms with Crippen LogP contribution in [0.15, 0.2) is 22.8 Å². The summed E-state index contributed by atoms with van der Waals surface area (Å²) in [6.45, 7) is 0. The first kappa shape index (κ1) is 7.81. The van der Waals surface area contributed by atoms with Gasteiger partial charge in [0.15, 0.2) is 5.76 Å². The number of carboxylic acid groups (broad SMARTS) is 1. The standard InChI is InChI=1S/C7H9NO3/c8-5(4-7(9)10)6-2-1-3-11-6/h1-3,5H,4,8H2,(H,9,10)/t5-/m0/s1. The number of furan rings is 1. The van der Waals surface area contributed by atoms with Crippen LogP contribution < -0.4 is 10.8 Å². The Morgan fingerprint density at radius 3 is 3.00 bits per heavy atom. The second-order valence-electron chi connectivity index (χ2n) is 2.29. The fourth-order valence-electron chi connectivity index (χ4n) is 0.825. The largest absolute Gasteiger partial charge is 0.550 e. The lowest BCUT2D eigenvalue weighted by Gasteiger charge is -2.04. The highest BCUT2D eigenvalue weighted by atomic mass is 16.4. The highest BCUT2D eigenvalue weighted by molar-refractivity contribution is 5.64. The molecule has 0 aromatic carbocycles. The van der Waals surface area contributed by atoms with E-state index in [1.54, 1.807) is 12.1 Å². The van der Waals surface area contributed by atoms with Crippen LogP contribution in [0.3, 0.4) is 0 Å². The molecule has 0 unspecified atom stereocenters. The van der Waals surface area contributed by atoms with Crippen LogP contribution in [0.5, 0.6) is 0 Å². The van der Waals surface area contributed by atoms with E-state index in [0.717, 1.165) is 0 Å². The van der Waals surface area contributed by atoms with Crippen molar-refractivity contribution in [3.63, 3.8) is 0 Å². The maximum Gasteiger partial charge on any atom is 0.161 e. The van der Waals surface area contributed by atoms with Crippen molar-refractivity contribution in [2.75, 3.05) is 0 Å².